The van der Waals surface area contributed by atoms with E-state index in [4.69, 9.17) is 0 Å². The number of nitrogens with zero attached hydrogens (tertiary/aromatic N) is 4. The van der Waals surface area contributed by atoms with Gasteiger partial charge in [0, 0.05) is 33.2 Å². The van der Waals surface area contributed by atoms with Crippen molar-refractivity contribution in [2.45, 2.75) is 0 Å². The molecule has 1 fully saturated rings. The maximum atomic E-state index is 4.19. The summed E-state index contributed by atoms with van der Waals surface area (Å²) in [6.07, 6.45) is 1.59. The number of nitrogens with one attached hydrogen (secondary N) is 1. The van der Waals surface area contributed by atoms with Crippen LogP contribution in [0.3, 0.4) is 0 Å². The van der Waals surface area contributed by atoms with E-state index in [0.29, 0.717) is 0 Å². The van der Waals surface area contributed by atoms with Crippen molar-refractivity contribution in [2.24, 2.45) is 7.05 Å². The molecule has 74 valence electrons. The van der Waals surface area contributed by atoms with Crippen LogP contribution >= 0.6 is 12.4 Å². The van der Waals surface area contributed by atoms with Crippen LogP contribution in [0.1, 0.15) is 0 Å². The zero-order valence-corrected chi connectivity index (χ0v) is 8.42. The molecule has 1 aromatic heterocycles. The molecule has 6 heteroatoms. The number of halogens is 1. The minimum atomic E-state index is 0. The first kappa shape index (κ1) is 10.3. The summed E-state index contributed by atoms with van der Waals surface area (Å²) in [6, 6.07) is 0. The highest BCUT2D eigenvalue weighted by Crippen LogP contribution is 2.07. The van der Waals surface area contributed by atoms with E-state index in [9.17, 15) is 0 Å². The molecule has 5 nitrogen and oxygen atoms in total. The zero-order valence-electron chi connectivity index (χ0n) is 7.60. The molecule has 2 heterocycles. The van der Waals surface area contributed by atoms with E-state index in [0.717, 1.165) is 32.1 Å². The Morgan fingerprint density at radius 3 is 2.62 bits per heavy atom. The van der Waals surface area contributed by atoms with Gasteiger partial charge in [0.15, 0.2) is 0 Å². The number of rotatable bonds is 1. The summed E-state index contributed by atoms with van der Waals surface area (Å²) in [5, 5.41) is 7.33. The fourth-order valence-corrected chi connectivity index (χ4v) is 1.44. The predicted molar refractivity (Wildman–Crippen MR) is 53.3 cm³/mol. The SMILES string of the molecule is Cl.Cn1ncnc1N1CCNCC1. The molecule has 0 unspecified atom stereocenters. The monoisotopic (exact) mass is 203 g/mol. The first-order valence-electron chi connectivity index (χ1n) is 4.17. The van der Waals surface area contributed by atoms with Crippen LogP contribution in [-0.4, -0.2) is 40.9 Å². The third-order valence-corrected chi connectivity index (χ3v) is 2.09. The average molecular weight is 204 g/mol. The average Bonchev–Trinajstić information content (AvgIpc) is 2.53. The van der Waals surface area contributed by atoms with Gasteiger partial charge in [0.25, 0.3) is 0 Å². The number of aryl methyl sites for hydroxylation is 1. The topological polar surface area (TPSA) is 46.0 Å². The van der Waals surface area contributed by atoms with E-state index in [1.54, 1.807) is 6.33 Å². The van der Waals surface area contributed by atoms with Crippen molar-refractivity contribution in [2.75, 3.05) is 31.1 Å². The van der Waals surface area contributed by atoms with E-state index in [1.165, 1.54) is 0 Å². The Kier molecular flexibility index (Phi) is 3.50. The van der Waals surface area contributed by atoms with Gasteiger partial charge in [0.1, 0.15) is 6.33 Å². The lowest BCUT2D eigenvalue weighted by atomic mass is 10.4. The van der Waals surface area contributed by atoms with Gasteiger partial charge in [-0.3, -0.25) is 0 Å². The van der Waals surface area contributed by atoms with Crippen molar-refractivity contribution in [1.82, 2.24) is 20.1 Å². The minimum Gasteiger partial charge on any atom is -0.338 e. The van der Waals surface area contributed by atoms with Gasteiger partial charge < -0.3 is 10.2 Å². The fraction of sp³-hybridized carbons (Fsp3) is 0.714. The second-order valence-corrected chi connectivity index (χ2v) is 2.92. The molecule has 0 aromatic carbocycles. The second kappa shape index (κ2) is 4.43. The number of hydrogen-bond acceptors (Lipinski definition) is 4. The smallest absolute Gasteiger partial charge is 0.223 e. The molecule has 0 aliphatic carbocycles. The Bertz CT molecular complexity index is 255. The van der Waals surface area contributed by atoms with Crippen LogP contribution in [-0.2, 0) is 7.05 Å². The van der Waals surface area contributed by atoms with E-state index in [1.807, 2.05) is 11.7 Å². The highest BCUT2D eigenvalue weighted by Gasteiger charge is 2.13. The first-order chi connectivity index (χ1) is 5.88. The van der Waals surface area contributed by atoms with E-state index in [2.05, 4.69) is 20.3 Å². The molecule has 1 N–H and O–H groups in total. The van der Waals surface area contributed by atoms with Crippen LogP contribution in [0.25, 0.3) is 0 Å². The third-order valence-electron chi connectivity index (χ3n) is 2.09. The maximum absolute atomic E-state index is 4.19. The van der Waals surface area contributed by atoms with Crippen molar-refractivity contribution in [3.63, 3.8) is 0 Å². The Morgan fingerprint density at radius 1 is 1.38 bits per heavy atom. The van der Waals surface area contributed by atoms with Crippen LogP contribution in [0.15, 0.2) is 6.33 Å². The Hall–Kier alpha value is -0.810. The normalized spacial score (nSPS) is 16.8. The first-order valence-corrected chi connectivity index (χ1v) is 4.17. The van der Waals surface area contributed by atoms with Crippen molar-refractivity contribution in [3.05, 3.63) is 6.33 Å². The van der Waals surface area contributed by atoms with Crippen LogP contribution in [0.4, 0.5) is 5.95 Å². The summed E-state index contributed by atoms with van der Waals surface area (Å²) in [4.78, 5) is 6.43. The molecule has 0 atom stereocenters. The lowest BCUT2D eigenvalue weighted by Crippen LogP contribution is -2.44. The van der Waals surface area contributed by atoms with Gasteiger partial charge in [-0.25, -0.2) is 4.68 Å². The largest absolute Gasteiger partial charge is 0.338 e. The number of aromatic nitrogens is 3. The van der Waals surface area contributed by atoms with Crippen molar-refractivity contribution in [3.8, 4) is 0 Å². The Balaban J connectivity index is 0.000000845. The molecule has 1 saturated heterocycles. The van der Waals surface area contributed by atoms with Crippen LogP contribution < -0.4 is 10.2 Å². The molecule has 0 bridgehead atoms. The molecule has 1 aliphatic heterocycles. The Labute approximate surface area is 83.5 Å². The lowest BCUT2D eigenvalue weighted by molar-refractivity contribution is 0.568. The summed E-state index contributed by atoms with van der Waals surface area (Å²) in [6.45, 7) is 4.11. The fourth-order valence-electron chi connectivity index (χ4n) is 1.44. The second-order valence-electron chi connectivity index (χ2n) is 2.92. The molecular weight excluding hydrogens is 190 g/mol. The van der Waals surface area contributed by atoms with Gasteiger partial charge in [0.05, 0.1) is 0 Å². The molecule has 1 aromatic rings. The quantitative estimate of drug-likeness (QED) is 0.678. The summed E-state index contributed by atoms with van der Waals surface area (Å²) in [5.41, 5.74) is 0. The summed E-state index contributed by atoms with van der Waals surface area (Å²) < 4.78 is 1.81. The molecule has 0 saturated carbocycles. The van der Waals surface area contributed by atoms with E-state index >= 15 is 0 Å². The van der Waals surface area contributed by atoms with Crippen LogP contribution in [0, 0.1) is 0 Å². The molecule has 0 amide bonds. The van der Waals surface area contributed by atoms with Crippen molar-refractivity contribution in [1.29, 1.82) is 0 Å². The highest BCUT2D eigenvalue weighted by atomic mass is 35.5. The number of piperazine rings is 1. The highest BCUT2D eigenvalue weighted by molar-refractivity contribution is 5.85. The van der Waals surface area contributed by atoms with Crippen molar-refractivity contribution < 1.29 is 0 Å². The van der Waals surface area contributed by atoms with Gasteiger partial charge in [0.2, 0.25) is 5.95 Å². The summed E-state index contributed by atoms with van der Waals surface area (Å²) in [7, 11) is 1.92. The standard InChI is InChI=1S/C7H13N5.ClH/c1-11-7(9-6-10-11)12-4-2-8-3-5-12;/h6,8H,2-5H2,1H3;1H. The maximum Gasteiger partial charge on any atom is 0.223 e. The zero-order chi connectivity index (χ0) is 8.39. The summed E-state index contributed by atoms with van der Waals surface area (Å²) >= 11 is 0. The Morgan fingerprint density at radius 2 is 2.08 bits per heavy atom. The van der Waals surface area contributed by atoms with Crippen LogP contribution in [0.2, 0.25) is 0 Å². The third kappa shape index (κ3) is 2.10. The minimum absolute atomic E-state index is 0. The number of anilines is 1. The van der Waals surface area contributed by atoms with Gasteiger partial charge >= 0.3 is 0 Å². The molecular formula is C7H14ClN5. The molecule has 2 rings (SSSR count). The molecule has 13 heavy (non-hydrogen) atoms. The molecule has 1 aliphatic rings. The van der Waals surface area contributed by atoms with Gasteiger partial charge in [-0.05, 0) is 0 Å². The van der Waals surface area contributed by atoms with Gasteiger partial charge in [-0.15, -0.1) is 12.4 Å². The lowest BCUT2D eigenvalue weighted by Gasteiger charge is -2.27. The molecule has 0 radical (unpaired) electrons. The van der Waals surface area contributed by atoms with E-state index in [-0.39, 0.29) is 12.4 Å². The van der Waals surface area contributed by atoms with Gasteiger partial charge in [-0.1, -0.05) is 0 Å². The molecule has 0 spiro atoms. The van der Waals surface area contributed by atoms with Crippen molar-refractivity contribution >= 4 is 18.4 Å². The predicted octanol–water partition coefficient (Wildman–Crippen LogP) is -0.354. The van der Waals surface area contributed by atoms with E-state index < -0.39 is 0 Å². The van der Waals surface area contributed by atoms with Gasteiger partial charge in [-0.2, -0.15) is 10.1 Å². The number of hydrogen-bond donors (Lipinski definition) is 1. The van der Waals surface area contributed by atoms with Crippen LogP contribution in [0.5, 0.6) is 0 Å². The summed E-state index contributed by atoms with van der Waals surface area (Å²) in [5.74, 6) is 0.969.